The van der Waals surface area contributed by atoms with E-state index >= 15 is 0 Å². The maximum atomic E-state index is 12.7. The van der Waals surface area contributed by atoms with Gasteiger partial charge in [-0.1, -0.05) is 30.3 Å². The maximum absolute atomic E-state index is 12.7. The molecule has 14 nitrogen and oxygen atoms in total. The summed E-state index contributed by atoms with van der Waals surface area (Å²) < 4.78 is 0. The number of benzene rings is 1. The summed E-state index contributed by atoms with van der Waals surface area (Å²) in [6.07, 6.45) is -1.74. The van der Waals surface area contributed by atoms with Gasteiger partial charge in [-0.15, -0.1) is 0 Å². The molecule has 1 rings (SSSR count). The van der Waals surface area contributed by atoms with Crippen molar-refractivity contribution in [1.29, 1.82) is 0 Å². The third kappa shape index (κ3) is 10.9. The molecule has 0 fully saturated rings. The predicted octanol–water partition coefficient (Wildman–Crippen LogP) is -2.18. The molecule has 4 atom stereocenters. The van der Waals surface area contributed by atoms with Gasteiger partial charge in [0.25, 0.3) is 0 Å². The van der Waals surface area contributed by atoms with Crippen LogP contribution in [0.4, 0.5) is 0 Å². The number of aliphatic carboxylic acids is 3. The number of carboxylic acid groups (broad SMARTS) is 3. The van der Waals surface area contributed by atoms with Gasteiger partial charge < -0.3 is 42.1 Å². The molecule has 0 aliphatic rings. The number of aliphatic hydroxyl groups is 1. The molecule has 3 amide bonds. The van der Waals surface area contributed by atoms with Gasteiger partial charge in [-0.05, 0) is 24.8 Å². The molecule has 0 aliphatic carbocycles. The minimum Gasteiger partial charge on any atom is -0.481 e. The van der Waals surface area contributed by atoms with E-state index in [-0.39, 0.29) is 12.8 Å². The maximum Gasteiger partial charge on any atom is 0.326 e. The Bertz CT molecular complexity index is 940. The number of carbonyl (C=O) groups is 6. The Morgan fingerprint density at radius 3 is 1.69 bits per heavy atom. The minimum atomic E-state index is -1.66. The molecule has 14 heteroatoms. The van der Waals surface area contributed by atoms with Crippen molar-refractivity contribution in [2.45, 2.75) is 56.3 Å². The number of carbonyl (C=O) groups excluding carboxylic acids is 3. The Kier molecular flexibility index (Phi) is 12.5. The molecule has 0 saturated heterocycles. The summed E-state index contributed by atoms with van der Waals surface area (Å²) in [7, 11) is 0. The van der Waals surface area contributed by atoms with E-state index in [1.807, 2.05) is 5.32 Å². The molecule has 1 aromatic rings. The van der Waals surface area contributed by atoms with Gasteiger partial charge in [-0.2, -0.15) is 0 Å². The van der Waals surface area contributed by atoms with Crippen LogP contribution in [0.3, 0.4) is 0 Å². The highest BCUT2D eigenvalue weighted by atomic mass is 16.4. The van der Waals surface area contributed by atoms with Gasteiger partial charge in [0, 0.05) is 12.8 Å². The van der Waals surface area contributed by atoms with E-state index in [0.717, 1.165) is 5.56 Å². The monoisotopic (exact) mass is 510 g/mol. The van der Waals surface area contributed by atoms with Crippen molar-refractivity contribution < 1.29 is 49.2 Å². The SMILES string of the molecule is NC(Cc1ccccc1)C(=O)NC(CCC(=O)O)C(=O)NC(CO)C(=O)NC(CCC(=O)O)C(=O)O. The summed E-state index contributed by atoms with van der Waals surface area (Å²) in [6.45, 7) is -0.962. The minimum absolute atomic E-state index is 0.133. The second-order valence-corrected chi connectivity index (χ2v) is 7.87. The average molecular weight is 511 g/mol. The van der Waals surface area contributed by atoms with Crippen LogP contribution < -0.4 is 21.7 Å². The lowest BCUT2D eigenvalue weighted by atomic mass is 10.0. The lowest BCUT2D eigenvalue weighted by Gasteiger charge is -2.24. The number of amides is 3. The fourth-order valence-corrected chi connectivity index (χ4v) is 3.04. The Morgan fingerprint density at radius 2 is 1.19 bits per heavy atom. The first-order valence-corrected chi connectivity index (χ1v) is 10.9. The smallest absolute Gasteiger partial charge is 0.326 e. The van der Waals surface area contributed by atoms with Crippen molar-refractivity contribution in [3.05, 3.63) is 35.9 Å². The van der Waals surface area contributed by atoms with Gasteiger partial charge in [-0.25, -0.2) is 4.79 Å². The normalized spacial score (nSPS) is 13.9. The van der Waals surface area contributed by atoms with Gasteiger partial charge in [0.2, 0.25) is 17.7 Å². The highest BCUT2D eigenvalue weighted by Crippen LogP contribution is 2.05. The van der Waals surface area contributed by atoms with Gasteiger partial charge in [0.05, 0.1) is 12.6 Å². The molecule has 1 aromatic carbocycles. The van der Waals surface area contributed by atoms with Crippen LogP contribution in [-0.4, -0.2) is 86.8 Å². The van der Waals surface area contributed by atoms with Crippen LogP contribution in [0.25, 0.3) is 0 Å². The number of hydrogen-bond donors (Lipinski definition) is 8. The molecule has 36 heavy (non-hydrogen) atoms. The number of nitrogens with one attached hydrogen (secondary N) is 3. The van der Waals surface area contributed by atoms with Crippen LogP contribution in [0.1, 0.15) is 31.2 Å². The first-order chi connectivity index (χ1) is 16.9. The van der Waals surface area contributed by atoms with Gasteiger partial charge >= 0.3 is 17.9 Å². The van der Waals surface area contributed by atoms with Crippen molar-refractivity contribution in [2.24, 2.45) is 5.73 Å². The van der Waals surface area contributed by atoms with Crippen LogP contribution in [0.5, 0.6) is 0 Å². The van der Waals surface area contributed by atoms with E-state index in [1.54, 1.807) is 30.3 Å². The van der Waals surface area contributed by atoms with Crippen molar-refractivity contribution in [3.63, 3.8) is 0 Å². The van der Waals surface area contributed by atoms with Gasteiger partial charge in [0.1, 0.15) is 18.1 Å². The highest BCUT2D eigenvalue weighted by Gasteiger charge is 2.30. The summed E-state index contributed by atoms with van der Waals surface area (Å²) >= 11 is 0. The number of aliphatic hydroxyl groups excluding tert-OH is 1. The Labute approximate surface area is 205 Å². The average Bonchev–Trinajstić information content (AvgIpc) is 2.82. The van der Waals surface area contributed by atoms with Crippen LogP contribution in [0, 0.1) is 0 Å². The first-order valence-electron chi connectivity index (χ1n) is 10.9. The molecule has 0 spiro atoms. The Morgan fingerprint density at radius 1 is 0.722 bits per heavy atom. The van der Waals surface area contributed by atoms with Gasteiger partial charge in [0.15, 0.2) is 0 Å². The summed E-state index contributed by atoms with van der Waals surface area (Å²) in [6, 6.07) is 3.00. The Balaban J connectivity index is 2.87. The van der Waals surface area contributed by atoms with Crippen molar-refractivity contribution >= 4 is 35.6 Å². The van der Waals surface area contributed by atoms with E-state index in [2.05, 4.69) is 10.6 Å². The lowest BCUT2D eigenvalue weighted by molar-refractivity contribution is -0.143. The van der Waals surface area contributed by atoms with Crippen LogP contribution in [-0.2, 0) is 35.2 Å². The zero-order valence-corrected chi connectivity index (χ0v) is 19.3. The third-order valence-corrected chi connectivity index (χ3v) is 4.99. The van der Waals surface area contributed by atoms with E-state index < -0.39 is 85.7 Å². The molecule has 0 heterocycles. The number of hydrogen-bond acceptors (Lipinski definition) is 8. The zero-order chi connectivity index (χ0) is 27.3. The van der Waals surface area contributed by atoms with Crippen LogP contribution in [0.15, 0.2) is 30.3 Å². The first kappa shape index (κ1) is 30.0. The standard InChI is InChI=1S/C22H30N4O10/c23-13(10-12-4-2-1-3-5-12)19(32)24-14(6-8-17(28)29)20(33)26-16(11-27)21(34)25-15(22(35)36)7-9-18(30)31/h1-5,13-16,27H,6-11,23H2,(H,24,32)(H,25,34)(H,26,33)(H,28,29)(H,30,31)(H,35,36). The molecule has 0 aromatic heterocycles. The number of nitrogens with two attached hydrogens (primary N) is 1. The topological polar surface area (TPSA) is 245 Å². The fourth-order valence-electron chi connectivity index (χ4n) is 3.04. The number of carboxylic acids is 3. The van der Waals surface area contributed by atoms with E-state index in [1.165, 1.54) is 0 Å². The molecule has 0 aliphatic heterocycles. The van der Waals surface area contributed by atoms with Crippen LogP contribution >= 0.6 is 0 Å². The molecule has 9 N–H and O–H groups in total. The largest absolute Gasteiger partial charge is 0.481 e. The van der Waals surface area contributed by atoms with Crippen molar-refractivity contribution in [1.82, 2.24) is 16.0 Å². The summed E-state index contributed by atoms with van der Waals surface area (Å²) in [4.78, 5) is 70.6. The summed E-state index contributed by atoms with van der Waals surface area (Å²) in [5.41, 5.74) is 6.65. The molecule has 0 bridgehead atoms. The summed E-state index contributed by atoms with van der Waals surface area (Å²) in [5, 5.41) is 42.9. The molecule has 198 valence electrons. The molecular formula is C22H30N4O10. The fraction of sp³-hybridized carbons (Fsp3) is 0.455. The molecule has 4 unspecified atom stereocenters. The molecule has 0 saturated carbocycles. The van der Waals surface area contributed by atoms with E-state index in [0.29, 0.717) is 0 Å². The Hall–Kier alpha value is -4.04. The summed E-state index contributed by atoms with van der Waals surface area (Å²) in [5.74, 6) is -6.95. The van der Waals surface area contributed by atoms with Crippen molar-refractivity contribution in [2.75, 3.05) is 6.61 Å². The molecular weight excluding hydrogens is 480 g/mol. The highest BCUT2D eigenvalue weighted by molar-refractivity contribution is 5.94. The van der Waals surface area contributed by atoms with E-state index in [9.17, 15) is 33.9 Å². The number of rotatable bonds is 16. The van der Waals surface area contributed by atoms with E-state index in [4.69, 9.17) is 21.1 Å². The second kappa shape index (κ2) is 15.1. The second-order valence-electron chi connectivity index (χ2n) is 7.87. The van der Waals surface area contributed by atoms with Crippen molar-refractivity contribution in [3.8, 4) is 0 Å². The van der Waals surface area contributed by atoms with Gasteiger partial charge in [-0.3, -0.25) is 24.0 Å². The third-order valence-electron chi connectivity index (χ3n) is 4.99. The molecule has 0 radical (unpaired) electrons. The zero-order valence-electron chi connectivity index (χ0n) is 19.3. The lowest BCUT2D eigenvalue weighted by Crippen LogP contribution is -2.58. The van der Waals surface area contributed by atoms with Crippen LogP contribution in [0.2, 0.25) is 0 Å². The quantitative estimate of drug-likeness (QED) is 0.119. The predicted molar refractivity (Wildman–Crippen MR) is 122 cm³/mol.